The van der Waals surface area contributed by atoms with E-state index in [-0.39, 0.29) is 19.1 Å². The van der Waals surface area contributed by atoms with Crippen LogP contribution in [0.25, 0.3) is 5.52 Å². The van der Waals surface area contributed by atoms with Crippen molar-refractivity contribution in [1.82, 2.24) is 14.9 Å². The minimum Gasteiger partial charge on any atom is -0.395 e. The fourth-order valence-corrected chi connectivity index (χ4v) is 2.70. The van der Waals surface area contributed by atoms with Crippen LogP contribution in [-0.4, -0.2) is 33.8 Å². The number of hydrogen-bond acceptors (Lipinski definition) is 3. The molecule has 1 aromatic carbocycles. The van der Waals surface area contributed by atoms with Crippen molar-refractivity contribution < 1.29 is 9.90 Å². The first-order chi connectivity index (χ1) is 11.2. The number of nitrogens with one attached hydrogen (secondary N) is 1. The first kappa shape index (κ1) is 15.7. The van der Waals surface area contributed by atoms with Crippen LogP contribution in [0.4, 0.5) is 0 Å². The average Bonchev–Trinajstić information content (AvgIpc) is 3.03. The van der Waals surface area contributed by atoms with Gasteiger partial charge in [-0.25, -0.2) is 4.52 Å². The molecule has 0 spiro atoms. The molecule has 3 rings (SSSR count). The molecule has 0 radical (unpaired) electrons. The summed E-state index contributed by atoms with van der Waals surface area (Å²) in [6, 6.07) is 13.8. The summed E-state index contributed by atoms with van der Waals surface area (Å²) in [6.07, 6.45) is 2.53. The SMILES string of the molecule is O=C(NCCO)c1cc(Cc2ccc(Br)cc2)c2cccn2n1. The number of rotatable bonds is 5. The summed E-state index contributed by atoms with van der Waals surface area (Å²) < 4.78 is 2.75. The molecule has 2 N–H and O–H groups in total. The van der Waals surface area contributed by atoms with Crippen molar-refractivity contribution in [3.63, 3.8) is 0 Å². The summed E-state index contributed by atoms with van der Waals surface area (Å²) in [6.45, 7) is 0.121. The van der Waals surface area contributed by atoms with E-state index in [1.165, 1.54) is 0 Å². The Bertz CT molecular complexity index is 827. The molecule has 2 heterocycles. The Kier molecular flexibility index (Phi) is 4.73. The lowest BCUT2D eigenvalue weighted by atomic mass is 10.0. The Hall–Kier alpha value is -2.18. The number of benzene rings is 1. The Morgan fingerprint density at radius 2 is 2.04 bits per heavy atom. The first-order valence-corrected chi connectivity index (χ1v) is 8.07. The molecule has 2 aromatic heterocycles. The molecule has 0 saturated carbocycles. The summed E-state index contributed by atoms with van der Waals surface area (Å²) in [5.74, 6) is -0.285. The monoisotopic (exact) mass is 373 g/mol. The highest BCUT2D eigenvalue weighted by molar-refractivity contribution is 9.10. The predicted octanol–water partition coefficient (Wildman–Crippen LogP) is 2.41. The van der Waals surface area contributed by atoms with Crippen molar-refractivity contribution in [1.29, 1.82) is 0 Å². The van der Waals surface area contributed by atoms with Crippen LogP contribution >= 0.6 is 15.9 Å². The third-order valence-corrected chi connectivity index (χ3v) is 4.05. The Labute approximate surface area is 142 Å². The molecule has 0 saturated heterocycles. The van der Waals surface area contributed by atoms with E-state index in [1.807, 2.05) is 36.5 Å². The minimum atomic E-state index is -0.285. The van der Waals surface area contributed by atoms with Crippen LogP contribution in [0.1, 0.15) is 21.6 Å². The summed E-state index contributed by atoms with van der Waals surface area (Å²) >= 11 is 3.43. The van der Waals surface area contributed by atoms with Gasteiger partial charge in [-0.05, 0) is 47.9 Å². The lowest BCUT2D eigenvalue weighted by Crippen LogP contribution is -2.27. The van der Waals surface area contributed by atoms with Crippen LogP contribution in [-0.2, 0) is 6.42 Å². The molecule has 0 fully saturated rings. The molecular weight excluding hydrogens is 358 g/mol. The van der Waals surface area contributed by atoms with Crippen LogP contribution < -0.4 is 5.32 Å². The molecule has 0 bridgehead atoms. The number of hydrogen-bond donors (Lipinski definition) is 2. The predicted molar refractivity (Wildman–Crippen MR) is 91.6 cm³/mol. The second-order valence-corrected chi connectivity index (χ2v) is 6.09. The summed E-state index contributed by atoms with van der Waals surface area (Å²) in [5, 5.41) is 15.8. The average molecular weight is 374 g/mol. The van der Waals surface area contributed by atoms with Gasteiger partial charge in [-0.15, -0.1) is 0 Å². The topological polar surface area (TPSA) is 66.6 Å². The zero-order valence-corrected chi connectivity index (χ0v) is 14.0. The van der Waals surface area contributed by atoms with E-state index in [9.17, 15) is 4.79 Å². The number of carbonyl (C=O) groups excluding carboxylic acids is 1. The Morgan fingerprint density at radius 3 is 2.78 bits per heavy atom. The second kappa shape index (κ2) is 6.93. The molecule has 6 heteroatoms. The number of aromatic nitrogens is 2. The molecule has 1 amide bonds. The van der Waals surface area contributed by atoms with Gasteiger partial charge in [-0.3, -0.25) is 4.79 Å². The fourth-order valence-electron chi connectivity index (χ4n) is 2.43. The van der Waals surface area contributed by atoms with Crippen LogP contribution in [0.3, 0.4) is 0 Å². The number of fused-ring (bicyclic) bond motifs is 1. The van der Waals surface area contributed by atoms with Crippen molar-refractivity contribution in [3.05, 3.63) is 70.0 Å². The highest BCUT2D eigenvalue weighted by Gasteiger charge is 2.12. The largest absolute Gasteiger partial charge is 0.395 e. The third-order valence-electron chi connectivity index (χ3n) is 3.52. The van der Waals surface area contributed by atoms with Crippen molar-refractivity contribution >= 4 is 27.4 Å². The summed E-state index contributed by atoms with van der Waals surface area (Å²) in [4.78, 5) is 12.1. The maximum atomic E-state index is 12.1. The van der Waals surface area contributed by atoms with E-state index < -0.39 is 0 Å². The molecule has 3 aromatic rings. The number of amides is 1. The van der Waals surface area contributed by atoms with Gasteiger partial charge in [0.05, 0.1) is 12.1 Å². The van der Waals surface area contributed by atoms with Gasteiger partial charge in [-0.2, -0.15) is 5.10 Å². The number of halogens is 1. The number of carbonyl (C=O) groups is 1. The Balaban J connectivity index is 1.96. The zero-order valence-electron chi connectivity index (χ0n) is 12.4. The van der Waals surface area contributed by atoms with Crippen LogP contribution in [0.5, 0.6) is 0 Å². The van der Waals surface area contributed by atoms with Gasteiger partial charge >= 0.3 is 0 Å². The molecule has 0 aliphatic carbocycles. The molecule has 118 valence electrons. The van der Waals surface area contributed by atoms with Gasteiger partial charge in [0.2, 0.25) is 0 Å². The van der Waals surface area contributed by atoms with Crippen molar-refractivity contribution in [2.45, 2.75) is 6.42 Å². The second-order valence-electron chi connectivity index (χ2n) is 5.18. The molecule has 0 aliphatic rings. The van der Waals surface area contributed by atoms with E-state index >= 15 is 0 Å². The highest BCUT2D eigenvalue weighted by Crippen LogP contribution is 2.19. The first-order valence-electron chi connectivity index (χ1n) is 7.28. The molecule has 23 heavy (non-hydrogen) atoms. The smallest absolute Gasteiger partial charge is 0.271 e. The molecule has 0 aliphatic heterocycles. The minimum absolute atomic E-state index is 0.0940. The van der Waals surface area contributed by atoms with E-state index in [1.54, 1.807) is 4.52 Å². The van der Waals surface area contributed by atoms with Crippen LogP contribution in [0, 0.1) is 0 Å². The van der Waals surface area contributed by atoms with Crippen molar-refractivity contribution in [2.75, 3.05) is 13.2 Å². The summed E-state index contributed by atoms with van der Waals surface area (Å²) in [7, 11) is 0. The fraction of sp³-hybridized carbons (Fsp3) is 0.176. The number of aliphatic hydroxyl groups is 1. The van der Waals surface area contributed by atoms with Crippen molar-refractivity contribution in [2.24, 2.45) is 0 Å². The lowest BCUT2D eigenvalue weighted by Gasteiger charge is -2.09. The highest BCUT2D eigenvalue weighted by atomic mass is 79.9. The van der Waals surface area contributed by atoms with E-state index in [0.717, 1.165) is 21.1 Å². The summed E-state index contributed by atoms with van der Waals surface area (Å²) in [5.41, 5.74) is 3.51. The van der Waals surface area contributed by atoms with Gasteiger partial charge in [0, 0.05) is 17.2 Å². The van der Waals surface area contributed by atoms with Crippen molar-refractivity contribution in [3.8, 4) is 0 Å². The molecule has 5 nitrogen and oxygen atoms in total. The van der Waals surface area contributed by atoms with Gasteiger partial charge in [0.1, 0.15) is 5.69 Å². The molecule has 0 atom stereocenters. The van der Waals surface area contributed by atoms with Gasteiger partial charge in [-0.1, -0.05) is 28.1 Å². The van der Waals surface area contributed by atoms with E-state index in [4.69, 9.17) is 5.11 Å². The van der Waals surface area contributed by atoms with Crippen LogP contribution in [0.15, 0.2) is 53.1 Å². The Morgan fingerprint density at radius 1 is 1.26 bits per heavy atom. The number of aliphatic hydroxyl groups excluding tert-OH is 1. The van der Waals surface area contributed by atoms with Gasteiger partial charge in [0.15, 0.2) is 0 Å². The number of nitrogens with zero attached hydrogens (tertiary/aromatic N) is 2. The maximum Gasteiger partial charge on any atom is 0.271 e. The normalized spacial score (nSPS) is 10.9. The van der Waals surface area contributed by atoms with E-state index in [2.05, 4.69) is 38.5 Å². The zero-order chi connectivity index (χ0) is 16.2. The molecule has 0 unspecified atom stereocenters. The quantitative estimate of drug-likeness (QED) is 0.721. The van der Waals surface area contributed by atoms with Crippen LogP contribution in [0.2, 0.25) is 0 Å². The lowest BCUT2D eigenvalue weighted by molar-refractivity contribution is 0.0938. The molecular formula is C17H16BrN3O2. The van der Waals surface area contributed by atoms with Gasteiger partial charge < -0.3 is 10.4 Å². The maximum absolute atomic E-state index is 12.1. The standard InChI is InChI=1S/C17H16BrN3O2/c18-14-5-3-12(4-6-14)10-13-11-15(17(23)19-7-9-22)20-21-8-1-2-16(13)21/h1-6,8,11,22H,7,9-10H2,(H,19,23). The third kappa shape index (κ3) is 3.60. The van der Waals surface area contributed by atoms with Gasteiger partial charge in [0.25, 0.3) is 5.91 Å². The van der Waals surface area contributed by atoms with E-state index in [0.29, 0.717) is 12.1 Å².